The van der Waals surface area contributed by atoms with Crippen LogP contribution in [0, 0.1) is 0 Å². The summed E-state index contributed by atoms with van der Waals surface area (Å²) < 4.78 is 52.9. The third-order valence-electron chi connectivity index (χ3n) is 6.34. The molecule has 1 amide bonds. The number of sulfonamides is 1. The molecule has 9 nitrogen and oxygen atoms in total. The van der Waals surface area contributed by atoms with Crippen molar-refractivity contribution < 1.29 is 21.6 Å². The Hall–Kier alpha value is -4.13. The summed E-state index contributed by atoms with van der Waals surface area (Å²) in [7, 11) is -7.28. The quantitative estimate of drug-likeness (QED) is 0.228. The van der Waals surface area contributed by atoms with Crippen molar-refractivity contribution in [3.8, 4) is 0 Å². The number of fused-ring (bicyclic) bond motifs is 1. The SMILES string of the molecule is CCN(c1ccccc1)S(=O)(=O)c1ccc(C(=O)N(Cc2cccnc2)c2nc3ccc(S(C)(=O)=O)cc3s2)cc1. The van der Waals surface area contributed by atoms with E-state index in [4.69, 9.17) is 0 Å². The Balaban J connectivity index is 1.50. The Morgan fingerprint density at radius 1 is 0.878 bits per heavy atom. The largest absolute Gasteiger partial charge is 0.279 e. The summed E-state index contributed by atoms with van der Waals surface area (Å²) in [5.74, 6) is -0.393. The summed E-state index contributed by atoms with van der Waals surface area (Å²) in [6.07, 6.45) is 4.42. The van der Waals surface area contributed by atoms with Crippen molar-refractivity contribution in [3.63, 3.8) is 0 Å². The summed E-state index contributed by atoms with van der Waals surface area (Å²) in [6, 6.07) is 22.9. The minimum atomic E-state index is -3.86. The van der Waals surface area contributed by atoms with E-state index >= 15 is 0 Å². The number of amides is 1. The van der Waals surface area contributed by atoms with E-state index in [2.05, 4.69) is 9.97 Å². The number of carbonyl (C=O) groups is 1. The molecule has 0 bridgehead atoms. The Bertz CT molecular complexity index is 1910. The number of rotatable bonds is 9. The molecule has 2 aromatic heterocycles. The van der Waals surface area contributed by atoms with Crippen LogP contribution in [0.5, 0.6) is 0 Å². The molecule has 5 aromatic rings. The molecule has 0 aliphatic heterocycles. The average Bonchev–Trinajstić information content (AvgIpc) is 3.40. The van der Waals surface area contributed by atoms with Gasteiger partial charge in [0, 0.05) is 30.8 Å². The number of hydrogen-bond acceptors (Lipinski definition) is 8. The van der Waals surface area contributed by atoms with Crippen molar-refractivity contribution in [2.45, 2.75) is 23.3 Å². The number of aromatic nitrogens is 2. The van der Waals surface area contributed by atoms with E-state index in [1.54, 1.807) is 61.8 Å². The van der Waals surface area contributed by atoms with Crippen LogP contribution in [-0.4, -0.2) is 45.5 Å². The molecule has 0 spiro atoms. The van der Waals surface area contributed by atoms with Gasteiger partial charge < -0.3 is 0 Å². The number of nitrogens with zero attached hydrogens (tertiary/aromatic N) is 4. The zero-order chi connectivity index (χ0) is 29.2. The Kier molecular flexibility index (Phi) is 7.89. The number of para-hydroxylation sites is 1. The van der Waals surface area contributed by atoms with Crippen LogP contribution in [0.1, 0.15) is 22.8 Å². The number of anilines is 2. The summed E-state index contributed by atoms with van der Waals surface area (Å²) in [5.41, 5.74) is 2.14. The van der Waals surface area contributed by atoms with Crippen LogP contribution in [0.4, 0.5) is 10.8 Å². The first-order valence-corrected chi connectivity index (χ1v) is 16.7. The maximum absolute atomic E-state index is 13.8. The third-order valence-corrected chi connectivity index (χ3v) is 10.4. The Morgan fingerprint density at radius 3 is 2.22 bits per heavy atom. The van der Waals surface area contributed by atoms with Crippen molar-refractivity contribution in [1.29, 1.82) is 0 Å². The van der Waals surface area contributed by atoms with E-state index in [1.807, 2.05) is 12.1 Å². The van der Waals surface area contributed by atoms with E-state index < -0.39 is 25.8 Å². The number of benzene rings is 3. The highest BCUT2D eigenvalue weighted by Crippen LogP contribution is 2.33. The van der Waals surface area contributed by atoms with E-state index in [0.717, 1.165) is 11.8 Å². The first-order chi connectivity index (χ1) is 19.6. The van der Waals surface area contributed by atoms with Crippen molar-refractivity contribution in [2.24, 2.45) is 0 Å². The topological polar surface area (TPSA) is 118 Å². The highest BCUT2D eigenvalue weighted by molar-refractivity contribution is 7.92. The van der Waals surface area contributed by atoms with Crippen molar-refractivity contribution in [3.05, 3.63) is 108 Å². The number of carbonyl (C=O) groups excluding carboxylic acids is 1. The summed E-state index contributed by atoms with van der Waals surface area (Å²) in [5, 5.41) is 0.373. The fraction of sp³-hybridized carbons (Fsp3) is 0.138. The average molecular weight is 607 g/mol. The lowest BCUT2D eigenvalue weighted by Crippen LogP contribution is -2.31. The summed E-state index contributed by atoms with van der Waals surface area (Å²) >= 11 is 1.20. The van der Waals surface area contributed by atoms with Gasteiger partial charge in [-0.2, -0.15) is 0 Å². The number of pyridine rings is 1. The second kappa shape index (κ2) is 11.4. The lowest BCUT2D eigenvalue weighted by atomic mass is 10.2. The van der Waals surface area contributed by atoms with Gasteiger partial charge in [-0.05, 0) is 73.2 Å². The van der Waals surface area contributed by atoms with Gasteiger partial charge in [0.2, 0.25) is 0 Å². The maximum Gasteiger partial charge on any atom is 0.264 e. The maximum atomic E-state index is 13.8. The molecule has 0 aliphatic carbocycles. The van der Waals surface area contributed by atoms with Crippen LogP contribution < -0.4 is 9.21 Å². The molecule has 5 rings (SSSR count). The fourth-order valence-corrected chi connectivity index (χ4v) is 7.48. The predicted octanol–water partition coefficient (Wildman–Crippen LogP) is 5.16. The first-order valence-electron chi connectivity index (χ1n) is 12.6. The van der Waals surface area contributed by atoms with Gasteiger partial charge in [-0.1, -0.05) is 35.6 Å². The van der Waals surface area contributed by atoms with Gasteiger partial charge in [0.05, 0.1) is 32.2 Å². The lowest BCUT2D eigenvalue weighted by Gasteiger charge is -2.23. The molecule has 0 saturated heterocycles. The van der Waals surface area contributed by atoms with E-state index in [0.29, 0.717) is 21.0 Å². The number of sulfone groups is 1. The fourth-order valence-electron chi connectivity index (χ4n) is 4.28. The van der Waals surface area contributed by atoms with E-state index in [-0.39, 0.29) is 28.4 Å². The highest BCUT2D eigenvalue weighted by Gasteiger charge is 2.26. The molecular weight excluding hydrogens is 581 g/mol. The van der Waals surface area contributed by atoms with E-state index in [1.165, 1.54) is 50.9 Å². The molecule has 0 fully saturated rings. The first kappa shape index (κ1) is 28.4. The second-order valence-corrected chi connectivity index (χ2v) is 14.1. The van der Waals surface area contributed by atoms with Gasteiger partial charge >= 0.3 is 0 Å². The smallest absolute Gasteiger partial charge is 0.264 e. The normalized spacial score (nSPS) is 11.9. The van der Waals surface area contributed by atoms with Crippen LogP contribution in [0.2, 0.25) is 0 Å². The number of thiazole rings is 1. The van der Waals surface area contributed by atoms with Gasteiger partial charge in [-0.3, -0.25) is 19.0 Å². The summed E-state index contributed by atoms with van der Waals surface area (Å²) in [4.78, 5) is 24.3. The number of hydrogen-bond donors (Lipinski definition) is 0. The third kappa shape index (κ3) is 5.99. The van der Waals surface area contributed by atoms with Crippen molar-refractivity contribution in [2.75, 3.05) is 22.0 Å². The molecule has 3 aromatic carbocycles. The van der Waals surface area contributed by atoms with Gasteiger partial charge in [0.15, 0.2) is 15.0 Å². The highest BCUT2D eigenvalue weighted by atomic mass is 32.2. The molecule has 12 heteroatoms. The minimum Gasteiger partial charge on any atom is -0.279 e. The monoisotopic (exact) mass is 606 g/mol. The molecule has 0 aliphatic rings. The zero-order valence-corrected chi connectivity index (χ0v) is 24.7. The molecule has 0 unspecified atom stereocenters. The van der Waals surface area contributed by atoms with E-state index in [9.17, 15) is 21.6 Å². The van der Waals surface area contributed by atoms with Crippen molar-refractivity contribution in [1.82, 2.24) is 9.97 Å². The molecule has 210 valence electrons. The van der Waals surface area contributed by atoms with Gasteiger partial charge in [-0.15, -0.1) is 0 Å². The molecule has 2 heterocycles. The molecule has 41 heavy (non-hydrogen) atoms. The molecule has 0 atom stereocenters. The Morgan fingerprint density at radius 2 is 1.59 bits per heavy atom. The van der Waals surface area contributed by atoms with Crippen LogP contribution in [0.25, 0.3) is 10.2 Å². The predicted molar refractivity (Wildman–Crippen MR) is 161 cm³/mol. The zero-order valence-electron chi connectivity index (χ0n) is 22.2. The Labute approximate surface area is 242 Å². The van der Waals surface area contributed by atoms with Crippen LogP contribution in [0.15, 0.2) is 107 Å². The van der Waals surface area contributed by atoms with Gasteiger partial charge in [-0.25, -0.2) is 21.8 Å². The molecule has 0 radical (unpaired) electrons. The summed E-state index contributed by atoms with van der Waals surface area (Å²) in [6.45, 7) is 2.16. The standard InChI is InChI=1S/C29H26N4O5S3/c1-3-33(23-9-5-4-6-10-23)41(37,38)24-13-11-22(12-14-24)28(34)32(20-21-8-7-17-30-19-21)29-31-26-16-15-25(40(2,35)36)18-27(26)39-29/h4-19H,3,20H2,1-2H3. The lowest BCUT2D eigenvalue weighted by molar-refractivity contribution is 0.0985. The van der Waals surface area contributed by atoms with Crippen LogP contribution in [0.3, 0.4) is 0 Å². The molecule has 0 saturated carbocycles. The minimum absolute atomic E-state index is 0.0619. The van der Waals surface area contributed by atoms with Crippen LogP contribution >= 0.6 is 11.3 Å². The molecule has 0 N–H and O–H groups in total. The van der Waals surface area contributed by atoms with Crippen LogP contribution in [-0.2, 0) is 26.4 Å². The molecular formula is C29H26N4O5S3. The second-order valence-electron chi connectivity index (χ2n) is 9.18. The van der Waals surface area contributed by atoms with Crippen molar-refractivity contribution >= 4 is 58.1 Å². The van der Waals surface area contributed by atoms with Gasteiger partial charge in [0.25, 0.3) is 15.9 Å². The van der Waals surface area contributed by atoms with Gasteiger partial charge in [0.1, 0.15) is 0 Å².